The third-order valence-corrected chi connectivity index (χ3v) is 5.65. The molecule has 1 heterocycles. The van der Waals surface area contributed by atoms with E-state index in [1.807, 2.05) is 37.3 Å². The van der Waals surface area contributed by atoms with Crippen LogP contribution in [-0.2, 0) is 19.5 Å². The zero-order chi connectivity index (χ0) is 23.0. The average molecular weight is 450 g/mol. The molecule has 0 aromatic heterocycles. The summed E-state index contributed by atoms with van der Waals surface area (Å²) < 4.78 is 27.5. The number of hydrogen-bond donors (Lipinski definition) is 0. The minimum absolute atomic E-state index is 0.294. The minimum atomic E-state index is 0.294. The Morgan fingerprint density at radius 3 is 2.21 bits per heavy atom. The normalized spacial score (nSPS) is 12.1. The zero-order valence-corrected chi connectivity index (χ0v) is 19.5. The summed E-state index contributed by atoms with van der Waals surface area (Å²) in [6.45, 7) is 5.46. The Kier molecular flexibility index (Phi) is 7.58. The molecule has 4 rings (SSSR count). The second-order valence-electron chi connectivity index (χ2n) is 7.91. The maximum atomic E-state index is 5.59. The van der Waals surface area contributed by atoms with E-state index < -0.39 is 0 Å². The molecule has 0 N–H and O–H groups in total. The van der Waals surface area contributed by atoms with Crippen LogP contribution < -0.4 is 23.7 Å². The maximum Gasteiger partial charge on any atom is 0.231 e. The van der Waals surface area contributed by atoms with Crippen molar-refractivity contribution in [1.29, 1.82) is 0 Å². The fourth-order valence-corrected chi connectivity index (χ4v) is 3.95. The van der Waals surface area contributed by atoms with E-state index in [0.29, 0.717) is 13.4 Å². The van der Waals surface area contributed by atoms with Gasteiger partial charge in [-0.1, -0.05) is 24.3 Å². The SMILES string of the molecule is CCOc1ccc(CN(CCc2ccc3c(c2)OCO3)Cc2ccc(OC)c(OC)c2)cc1. The van der Waals surface area contributed by atoms with Crippen LogP contribution in [0.2, 0.25) is 0 Å². The minimum Gasteiger partial charge on any atom is -0.494 e. The Morgan fingerprint density at radius 2 is 1.45 bits per heavy atom. The van der Waals surface area contributed by atoms with Gasteiger partial charge in [-0.3, -0.25) is 4.90 Å². The largest absolute Gasteiger partial charge is 0.494 e. The zero-order valence-electron chi connectivity index (χ0n) is 19.5. The van der Waals surface area contributed by atoms with E-state index in [2.05, 4.69) is 35.2 Å². The molecule has 6 nitrogen and oxygen atoms in total. The summed E-state index contributed by atoms with van der Waals surface area (Å²) in [5.41, 5.74) is 3.64. The van der Waals surface area contributed by atoms with Crippen LogP contribution in [0.1, 0.15) is 23.6 Å². The number of hydrogen-bond acceptors (Lipinski definition) is 6. The monoisotopic (exact) mass is 449 g/mol. The van der Waals surface area contributed by atoms with E-state index >= 15 is 0 Å². The van der Waals surface area contributed by atoms with Gasteiger partial charge in [-0.25, -0.2) is 0 Å². The van der Waals surface area contributed by atoms with E-state index in [0.717, 1.165) is 54.8 Å². The fourth-order valence-electron chi connectivity index (χ4n) is 3.95. The van der Waals surface area contributed by atoms with Gasteiger partial charge in [0.05, 0.1) is 20.8 Å². The molecule has 6 heteroatoms. The number of nitrogens with zero attached hydrogens (tertiary/aromatic N) is 1. The Labute approximate surface area is 195 Å². The van der Waals surface area contributed by atoms with Gasteiger partial charge >= 0.3 is 0 Å². The van der Waals surface area contributed by atoms with E-state index in [1.54, 1.807) is 14.2 Å². The lowest BCUT2D eigenvalue weighted by Crippen LogP contribution is -2.25. The third-order valence-electron chi connectivity index (χ3n) is 5.65. The Balaban J connectivity index is 1.49. The Hall–Kier alpha value is -3.38. The fraction of sp³-hybridized carbons (Fsp3) is 0.333. The number of ether oxygens (including phenoxy) is 5. The average Bonchev–Trinajstić information content (AvgIpc) is 3.32. The molecule has 33 heavy (non-hydrogen) atoms. The molecule has 174 valence electrons. The van der Waals surface area contributed by atoms with Gasteiger partial charge in [0, 0.05) is 19.6 Å². The van der Waals surface area contributed by atoms with Crippen molar-refractivity contribution >= 4 is 0 Å². The summed E-state index contributed by atoms with van der Waals surface area (Å²) in [5, 5.41) is 0. The van der Waals surface area contributed by atoms with Gasteiger partial charge in [-0.2, -0.15) is 0 Å². The molecule has 0 atom stereocenters. The van der Waals surface area contributed by atoms with Crippen molar-refractivity contribution in [2.24, 2.45) is 0 Å². The molecular weight excluding hydrogens is 418 g/mol. The standard InChI is InChI=1S/C27H31NO5/c1-4-31-23-9-5-21(6-10-23)17-28(18-22-8-11-24(29-2)26(16-22)30-3)14-13-20-7-12-25-27(15-20)33-19-32-25/h5-12,15-16H,4,13-14,17-19H2,1-3H3. The van der Waals surface area contributed by atoms with Crippen LogP contribution >= 0.6 is 0 Å². The van der Waals surface area contributed by atoms with Crippen LogP contribution in [0.15, 0.2) is 60.7 Å². The summed E-state index contributed by atoms with van der Waals surface area (Å²) in [4.78, 5) is 2.43. The predicted molar refractivity (Wildman–Crippen MR) is 128 cm³/mol. The first kappa shape index (κ1) is 22.8. The topological polar surface area (TPSA) is 49.4 Å². The predicted octanol–water partition coefficient (Wildman–Crippen LogP) is 5.08. The molecular formula is C27H31NO5. The first-order chi connectivity index (χ1) is 16.2. The number of fused-ring (bicyclic) bond motifs is 1. The highest BCUT2D eigenvalue weighted by Crippen LogP contribution is 2.33. The van der Waals surface area contributed by atoms with Gasteiger partial charge in [0.25, 0.3) is 0 Å². The van der Waals surface area contributed by atoms with E-state index in [9.17, 15) is 0 Å². The van der Waals surface area contributed by atoms with Crippen LogP contribution in [0.4, 0.5) is 0 Å². The summed E-state index contributed by atoms with van der Waals surface area (Å²) in [5.74, 6) is 4.01. The second-order valence-corrected chi connectivity index (χ2v) is 7.91. The van der Waals surface area contributed by atoms with Crippen LogP contribution in [0.3, 0.4) is 0 Å². The highest BCUT2D eigenvalue weighted by Gasteiger charge is 2.15. The first-order valence-electron chi connectivity index (χ1n) is 11.2. The summed E-state index contributed by atoms with van der Waals surface area (Å²) >= 11 is 0. The van der Waals surface area contributed by atoms with Crippen LogP contribution in [-0.4, -0.2) is 39.1 Å². The van der Waals surface area contributed by atoms with Crippen molar-refractivity contribution < 1.29 is 23.7 Å². The first-order valence-corrected chi connectivity index (χ1v) is 11.2. The second kappa shape index (κ2) is 11.0. The molecule has 0 saturated carbocycles. The van der Waals surface area contributed by atoms with Gasteiger partial charge in [-0.05, 0) is 66.4 Å². The molecule has 0 amide bonds. The van der Waals surface area contributed by atoms with E-state index in [1.165, 1.54) is 16.7 Å². The lowest BCUT2D eigenvalue weighted by molar-refractivity contribution is 0.174. The van der Waals surface area contributed by atoms with Gasteiger partial charge in [0.15, 0.2) is 23.0 Å². The van der Waals surface area contributed by atoms with Crippen LogP contribution in [0, 0.1) is 0 Å². The molecule has 0 aliphatic carbocycles. The number of methoxy groups -OCH3 is 2. The van der Waals surface area contributed by atoms with Crippen molar-refractivity contribution in [3.8, 4) is 28.7 Å². The summed E-state index contributed by atoms with van der Waals surface area (Å²) in [6, 6.07) is 20.6. The lowest BCUT2D eigenvalue weighted by atomic mass is 10.1. The Bertz CT molecular complexity index is 1050. The smallest absolute Gasteiger partial charge is 0.231 e. The molecule has 1 aliphatic rings. The van der Waals surface area contributed by atoms with Gasteiger partial charge < -0.3 is 23.7 Å². The summed E-state index contributed by atoms with van der Waals surface area (Å²) in [6.07, 6.45) is 0.904. The third kappa shape index (κ3) is 5.90. The van der Waals surface area contributed by atoms with Crippen molar-refractivity contribution in [2.45, 2.75) is 26.4 Å². The Morgan fingerprint density at radius 1 is 0.758 bits per heavy atom. The van der Waals surface area contributed by atoms with Crippen molar-refractivity contribution in [3.05, 3.63) is 77.4 Å². The van der Waals surface area contributed by atoms with E-state index in [4.69, 9.17) is 23.7 Å². The van der Waals surface area contributed by atoms with Crippen LogP contribution in [0.5, 0.6) is 28.7 Å². The molecule has 0 bridgehead atoms. The van der Waals surface area contributed by atoms with Crippen molar-refractivity contribution in [2.75, 3.05) is 34.2 Å². The highest BCUT2D eigenvalue weighted by molar-refractivity contribution is 5.45. The molecule has 0 saturated heterocycles. The van der Waals surface area contributed by atoms with Gasteiger partial charge in [0.2, 0.25) is 6.79 Å². The summed E-state index contributed by atoms with van der Waals surface area (Å²) in [7, 11) is 3.32. The van der Waals surface area contributed by atoms with E-state index in [-0.39, 0.29) is 0 Å². The highest BCUT2D eigenvalue weighted by atomic mass is 16.7. The van der Waals surface area contributed by atoms with Crippen molar-refractivity contribution in [1.82, 2.24) is 4.90 Å². The number of rotatable bonds is 11. The maximum absolute atomic E-state index is 5.59. The molecule has 0 unspecified atom stereocenters. The quantitative estimate of drug-likeness (QED) is 0.407. The number of benzene rings is 3. The molecule has 1 aliphatic heterocycles. The molecule has 0 fully saturated rings. The molecule has 0 radical (unpaired) electrons. The molecule has 3 aromatic rings. The van der Waals surface area contributed by atoms with Crippen LogP contribution in [0.25, 0.3) is 0 Å². The van der Waals surface area contributed by atoms with Gasteiger partial charge in [0.1, 0.15) is 5.75 Å². The lowest BCUT2D eigenvalue weighted by Gasteiger charge is -2.23. The van der Waals surface area contributed by atoms with Gasteiger partial charge in [-0.15, -0.1) is 0 Å². The molecule has 3 aromatic carbocycles. The molecule has 0 spiro atoms. The van der Waals surface area contributed by atoms with Crippen molar-refractivity contribution in [3.63, 3.8) is 0 Å².